The average molecular weight is 1050 g/mol. The number of aromatic nitrogens is 2. The number of benzene rings is 4. The molecule has 2 aliphatic carbocycles. The lowest BCUT2D eigenvalue weighted by Crippen LogP contribution is -2.37. The molecule has 21 heteroatoms. The van der Waals surface area contributed by atoms with E-state index in [0.717, 1.165) is 5.69 Å². The maximum Gasteiger partial charge on any atom is 0.586 e. The predicted octanol–water partition coefficient (Wildman–Crippen LogP) is 7.59. The van der Waals surface area contributed by atoms with Crippen LogP contribution in [0.5, 0.6) is 23.0 Å². The van der Waals surface area contributed by atoms with Crippen molar-refractivity contribution in [3.8, 4) is 23.0 Å². The summed E-state index contributed by atoms with van der Waals surface area (Å²) in [6.45, 7) is 5.77. The minimum Gasteiger partial charge on any atom is -0.481 e. The maximum absolute atomic E-state index is 15.3. The zero-order valence-corrected chi connectivity index (χ0v) is 40.9. The van der Waals surface area contributed by atoms with E-state index in [1.165, 1.54) is 66.9 Å². The van der Waals surface area contributed by atoms with Crippen molar-refractivity contribution < 1.29 is 89.9 Å². The van der Waals surface area contributed by atoms with Gasteiger partial charge in [-0.1, -0.05) is 12.1 Å². The van der Waals surface area contributed by atoms with Gasteiger partial charge >= 0.3 is 18.6 Å². The highest BCUT2D eigenvalue weighted by Crippen LogP contribution is 2.54. The summed E-state index contributed by atoms with van der Waals surface area (Å²) in [7, 11) is 0. The predicted molar refractivity (Wildman–Crippen MR) is 253 cm³/mol. The SMILES string of the molecule is CC(C)(C(=O)O)c1cc2cc(CC(=O)C3(c4ccc5c(c4)OC(F)(F)O5)CC3)c(F)cc2n1C[C@@H](O)CO.CC1(C)c2cc3cc(CC(=O)C4(c5ccc6c(c5)OC(F)(F)O6)CC4)c(F)cc3n2C[C@H](CO)OC1O. The van der Waals surface area contributed by atoms with Gasteiger partial charge < -0.3 is 58.4 Å². The number of ether oxygens (including phenoxy) is 5. The summed E-state index contributed by atoms with van der Waals surface area (Å²) in [5.74, 6) is -3.38. The number of aliphatic hydroxyl groups is 4. The number of carbonyl (C=O) groups is 3. The average Bonchev–Trinajstić information content (AvgIpc) is 4.22. The quantitative estimate of drug-likeness (QED) is 0.0668. The molecule has 2 saturated carbocycles. The van der Waals surface area contributed by atoms with E-state index in [1.807, 2.05) is 10.6 Å². The van der Waals surface area contributed by atoms with Gasteiger partial charge in [0, 0.05) is 35.0 Å². The number of aliphatic carboxylic acids is 1. The second kappa shape index (κ2) is 18.0. The van der Waals surface area contributed by atoms with Crippen LogP contribution in [0, 0.1) is 11.6 Å². The van der Waals surface area contributed by atoms with Crippen LogP contribution in [0.2, 0.25) is 0 Å². The van der Waals surface area contributed by atoms with Gasteiger partial charge in [0.2, 0.25) is 0 Å². The second-order valence-corrected chi connectivity index (χ2v) is 21.1. The van der Waals surface area contributed by atoms with E-state index >= 15 is 8.78 Å². The zero-order valence-electron chi connectivity index (χ0n) is 40.9. The molecule has 0 amide bonds. The number of hydrogen-bond acceptors (Lipinski definition) is 12. The van der Waals surface area contributed by atoms with E-state index in [4.69, 9.17) is 4.74 Å². The molecule has 3 atom stereocenters. The largest absolute Gasteiger partial charge is 0.586 e. The van der Waals surface area contributed by atoms with Crippen molar-refractivity contribution >= 4 is 39.3 Å². The number of alkyl halides is 4. The van der Waals surface area contributed by atoms with Gasteiger partial charge in [0.1, 0.15) is 34.7 Å². The Bertz CT molecular complexity index is 3320. The van der Waals surface area contributed by atoms with Crippen LogP contribution in [0.25, 0.3) is 21.8 Å². The van der Waals surface area contributed by atoms with Gasteiger partial charge in [0.05, 0.1) is 59.7 Å². The Morgan fingerprint density at radius 3 is 1.65 bits per heavy atom. The minimum absolute atomic E-state index is 0.0937. The third kappa shape index (κ3) is 9.14. The molecule has 5 heterocycles. The number of fused-ring (bicyclic) bond motifs is 6. The molecule has 2 aromatic heterocycles. The highest BCUT2D eigenvalue weighted by molar-refractivity contribution is 5.97. The number of nitrogens with zero attached hydrogens (tertiary/aromatic N) is 2. The molecule has 0 bridgehead atoms. The molecule has 75 heavy (non-hydrogen) atoms. The molecular formula is C54H52F6N2O13. The second-order valence-electron chi connectivity index (χ2n) is 21.1. The van der Waals surface area contributed by atoms with Crippen LogP contribution in [0.1, 0.15) is 87.0 Å². The number of ketones is 2. The molecule has 1 unspecified atom stereocenters. The van der Waals surface area contributed by atoms with Crippen molar-refractivity contribution in [1.29, 1.82) is 0 Å². The number of carboxylic acids is 1. The van der Waals surface area contributed by atoms with Crippen molar-refractivity contribution in [2.45, 2.75) is 132 Å². The molecule has 0 saturated heterocycles. The highest BCUT2D eigenvalue weighted by Gasteiger charge is 2.54. The molecule has 5 N–H and O–H groups in total. The summed E-state index contributed by atoms with van der Waals surface area (Å²) in [5.41, 5.74) is -0.795. The van der Waals surface area contributed by atoms with Gasteiger partial charge in [-0.2, -0.15) is 0 Å². The first kappa shape index (κ1) is 51.8. The third-order valence-electron chi connectivity index (χ3n) is 15.3. The van der Waals surface area contributed by atoms with E-state index < -0.39 is 77.0 Å². The van der Waals surface area contributed by atoms with Crippen LogP contribution < -0.4 is 18.9 Å². The van der Waals surface area contributed by atoms with Crippen LogP contribution in [-0.4, -0.2) is 96.5 Å². The molecule has 398 valence electrons. The van der Waals surface area contributed by atoms with Crippen LogP contribution in [0.4, 0.5) is 26.3 Å². The van der Waals surface area contributed by atoms with Gasteiger partial charge in [-0.15, -0.1) is 17.6 Å². The van der Waals surface area contributed by atoms with Crippen LogP contribution in [0.3, 0.4) is 0 Å². The van der Waals surface area contributed by atoms with E-state index in [2.05, 4.69) is 18.9 Å². The molecule has 5 aliphatic rings. The van der Waals surface area contributed by atoms with Crippen LogP contribution in [0.15, 0.2) is 72.8 Å². The van der Waals surface area contributed by atoms with Crippen LogP contribution >= 0.6 is 0 Å². The molecular weight excluding hydrogens is 999 g/mol. The molecule has 6 aromatic rings. The lowest BCUT2D eigenvalue weighted by atomic mass is 9.87. The summed E-state index contributed by atoms with van der Waals surface area (Å²) in [4.78, 5) is 38.7. The smallest absolute Gasteiger partial charge is 0.481 e. The van der Waals surface area contributed by atoms with Gasteiger partial charge in [-0.25, -0.2) is 8.78 Å². The van der Waals surface area contributed by atoms with E-state index in [-0.39, 0.29) is 78.2 Å². The molecule has 2 fully saturated rings. The van der Waals surface area contributed by atoms with Crippen molar-refractivity contribution in [3.05, 3.63) is 118 Å². The van der Waals surface area contributed by atoms with Crippen LogP contribution in [-0.2, 0) is 66.7 Å². The van der Waals surface area contributed by atoms with Gasteiger partial charge in [-0.05, 0) is 136 Å². The van der Waals surface area contributed by atoms with Gasteiger partial charge in [-0.3, -0.25) is 14.4 Å². The maximum atomic E-state index is 15.3. The fourth-order valence-electron chi connectivity index (χ4n) is 10.5. The molecule has 3 aliphatic heterocycles. The molecule has 0 radical (unpaired) electrons. The van der Waals surface area contributed by atoms with Crippen molar-refractivity contribution in [3.63, 3.8) is 0 Å². The van der Waals surface area contributed by atoms with Crippen molar-refractivity contribution in [1.82, 2.24) is 9.13 Å². The number of rotatable bonds is 14. The normalized spacial score (nSPS) is 21.2. The lowest BCUT2D eigenvalue weighted by Gasteiger charge is -2.29. The standard InChI is InChI=1S/C27H26F3NO7.C27H26F3NO6/c1-25(2,24(35)36)22-8-15-7-14(18(28)11-19(15)31(22)12-17(33)13-32)9-23(34)26(5-6-26)16-3-4-20-21(10-16)38-27(29,30)37-20;1-25(2)22-8-15-7-14(18(28)11-19(15)31(22)12-17(13-32)35-24(25)34)9-23(33)26(5-6-26)16-3-4-20-21(10-16)37-27(29,30)36-20/h3-4,7-8,10-11,17,32-33H,5-6,9,12-13H2,1-2H3,(H,35,36);3-4,7-8,10-11,17,24,32,34H,5-6,9,12-13H2,1-2H3/t17-;17-,24?/m11/s1. The number of Topliss-reactive ketones (excluding diaryl/α,β-unsaturated/α-hetero) is 2. The minimum atomic E-state index is -3.78. The number of carbonyl (C=O) groups excluding carboxylic acids is 2. The zero-order chi connectivity index (χ0) is 53.9. The Labute approximate surface area is 423 Å². The molecule has 4 aromatic carbocycles. The number of aliphatic hydroxyl groups excluding tert-OH is 4. The van der Waals surface area contributed by atoms with Gasteiger partial charge in [0.25, 0.3) is 0 Å². The monoisotopic (exact) mass is 1050 g/mol. The Hall–Kier alpha value is -6.65. The molecule has 0 spiro atoms. The molecule has 15 nitrogen and oxygen atoms in total. The Morgan fingerprint density at radius 2 is 1.19 bits per heavy atom. The number of halogens is 6. The van der Waals surface area contributed by atoms with Crippen molar-refractivity contribution in [2.75, 3.05) is 13.2 Å². The first-order valence-electron chi connectivity index (χ1n) is 24.2. The third-order valence-corrected chi connectivity index (χ3v) is 15.3. The first-order valence-corrected chi connectivity index (χ1v) is 24.2. The molecule has 11 rings (SSSR count). The summed E-state index contributed by atoms with van der Waals surface area (Å²) in [6.07, 6.45) is -8.99. The summed E-state index contributed by atoms with van der Waals surface area (Å²) in [5, 5.41) is 50.5. The summed E-state index contributed by atoms with van der Waals surface area (Å²) >= 11 is 0. The lowest BCUT2D eigenvalue weighted by molar-refractivity contribution is -0.287. The first-order chi connectivity index (χ1) is 35.2. The fraction of sp³-hybridized carbons (Fsp3) is 0.426. The Balaban J connectivity index is 0.000000171. The van der Waals surface area contributed by atoms with Gasteiger partial charge in [0.15, 0.2) is 29.3 Å². The Kier molecular flexibility index (Phi) is 12.4. The Morgan fingerprint density at radius 1 is 0.707 bits per heavy atom. The van der Waals surface area contributed by atoms with E-state index in [9.17, 15) is 57.5 Å². The summed E-state index contributed by atoms with van der Waals surface area (Å²) in [6, 6.07) is 17.6. The highest BCUT2D eigenvalue weighted by atomic mass is 19.3. The van der Waals surface area contributed by atoms with Crippen molar-refractivity contribution in [2.24, 2.45) is 0 Å². The number of hydrogen-bond donors (Lipinski definition) is 5. The van der Waals surface area contributed by atoms with E-state index in [0.29, 0.717) is 64.3 Å². The number of carboxylic acid groups (broad SMARTS) is 1. The summed E-state index contributed by atoms with van der Waals surface area (Å²) < 4.78 is 111. The fourth-order valence-corrected chi connectivity index (χ4v) is 10.5. The topological polar surface area (TPSA) is 208 Å². The van der Waals surface area contributed by atoms with E-state index in [1.54, 1.807) is 32.0 Å².